The van der Waals surface area contributed by atoms with Gasteiger partial charge in [0.15, 0.2) is 0 Å². The van der Waals surface area contributed by atoms with Crippen molar-refractivity contribution in [3.63, 3.8) is 0 Å². The number of nitrogens with one attached hydrogen (secondary N) is 1. The number of H-pyrrole nitrogens is 1. The maximum atomic E-state index is 13.0. The van der Waals surface area contributed by atoms with Gasteiger partial charge >= 0.3 is 0 Å². The van der Waals surface area contributed by atoms with E-state index < -0.39 is 5.91 Å². The minimum absolute atomic E-state index is 0.0873. The van der Waals surface area contributed by atoms with Gasteiger partial charge in [0.25, 0.3) is 23.3 Å². The van der Waals surface area contributed by atoms with Crippen LogP contribution in [-0.2, 0) is 13.1 Å². The minimum atomic E-state index is -0.426. The number of thiophene rings is 1. The number of carbonyl (C=O) groups excluding carboxylic acids is 3. The van der Waals surface area contributed by atoms with Crippen LogP contribution in [0.25, 0.3) is 10.2 Å². The number of amides is 3. The summed E-state index contributed by atoms with van der Waals surface area (Å²) in [5, 5.41) is 1.79. The van der Waals surface area contributed by atoms with Gasteiger partial charge in [-0.25, -0.2) is 4.98 Å². The molecule has 164 valence electrons. The number of hydrogen-bond donors (Lipinski definition) is 1. The van der Waals surface area contributed by atoms with E-state index in [0.717, 1.165) is 5.56 Å². The highest BCUT2D eigenvalue weighted by molar-refractivity contribution is 7.17. The lowest BCUT2D eigenvalue weighted by molar-refractivity contribution is 0.0642. The van der Waals surface area contributed by atoms with E-state index in [1.807, 2.05) is 30.3 Å². The lowest BCUT2D eigenvalue weighted by Crippen LogP contribution is -2.29. The summed E-state index contributed by atoms with van der Waals surface area (Å²) in [6, 6.07) is 15.5. The molecule has 2 aromatic heterocycles. The molecule has 0 saturated heterocycles. The van der Waals surface area contributed by atoms with Crippen molar-refractivity contribution in [2.24, 2.45) is 0 Å². The Balaban J connectivity index is 1.36. The topological polar surface area (TPSA) is 103 Å². The summed E-state index contributed by atoms with van der Waals surface area (Å²) in [6.45, 7) is 0.254. The Bertz CT molecular complexity index is 1470. The molecule has 0 unspecified atom stereocenters. The van der Waals surface area contributed by atoms with E-state index in [1.54, 1.807) is 18.5 Å². The van der Waals surface area contributed by atoms with E-state index in [1.165, 1.54) is 39.3 Å². The zero-order chi connectivity index (χ0) is 23.1. The number of hydrogen-bond acceptors (Lipinski definition) is 6. The third-order valence-corrected chi connectivity index (χ3v) is 6.40. The van der Waals surface area contributed by atoms with Gasteiger partial charge in [0.2, 0.25) is 0 Å². The molecule has 0 aliphatic carbocycles. The molecule has 1 aliphatic heterocycles. The van der Waals surface area contributed by atoms with Gasteiger partial charge in [-0.15, -0.1) is 11.3 Å². The van der Waals surface area contributed by atoms with Gasteiger partial charge in [0, 0.05) is 12.6 Å². The molecule has 5 rings (SSSR count). The van der Waals surface area contributed by atoms with Gasteiger partial charge in [-0.05, 0) is 35.2 Å². The largest absolute Gasteiger partial charge is 0.334 e. The zero-order valence-corrected chi connectivity index (χ0v) is 18.4. The molecule has 3 amide bonds. The van der Waals surface area contributed by atoms with Crippen molar-refractivity contribution in [1.82, 2.24) is 19.8 Å². The fourth-order valence-electron chi connectivity index (χ4n) is 3.85. The maximum Gasteiger partial charge on any atom is 0.268 e. The summed E-state index contributed by atoms with van der Waals surface area (Å²) < 4.78 is 0.537. The Morgan fingerprint density at radius 1 is 1.03 bits per heavy atom. The zero-order valence-electron chi connectivity index (χ0n) is 17.6. The first kappa shape index (κ1) is 20.8. The Labute approximate surface area is 192 Å². The van der Waals surface area contributed by atoms with E-state index in [9.17, 15) is 19.2 Å². The normalized spacial score (nSPS) is 12.9. The Hall–Kier alpha value is -4.11. The van der Waals surface area contributed by atoms with Crippen LogP contribution in [0.15, 0.2) is 64.8 Å². The molecule has 8 nitrogen and oxygen atoms in total. The monoisotopic (exact) mass is 458 g/mol. The summed E-state index contributed by atoms with van der Waals surface area (Å²) >= 11 is 1.31. The Kier molecular flexibility index (Phi) is 5.10. The van der Waals surface area contributed by atoms with Crippen LogP contribution in [-0.4, -0.2) is 44.5 Å². The van der Waals surface area contributed by atoms with Gasteiger partial charge in [-0.3, -0.25) is 24.1 Å². The number of carbonyl (C=O) groups is 3. The first-order chi connectivity index (χ1) is 15.9. The second-order valence-corrected chi connectivity index (χ2v) is 8.67. The number of nitrogens with zero attached hydrogens (tertiary/aromatic N) is 3. The first-order valence-corrected chi connectivity index (χ1v) is 11.1. The van der Waals surface area contributed by atoms with Crippen molar-refractivity contribution in [2.45, 2.75) is 13.1 Å². The molecule has 4 aromatic rings. The van der Waals surface area contributed by atoms with Crippen LogP contribution in [0.1, 0.15) is 42.5 Å². The number of imide groups is 1. The lowest BCUT2D eigenvalue weighted by Gasteiger charge is -2.17. The Morgan fingerprint density at radius 3 is 2.58 bits per heavy atom. The highest BCUT2D eigenvalue weighted by Gasteiger charge is 2.36. The summed E-state index contributed by atoms with van der Waals surface area (Å²) in [5.74, 6) is -0.794. The second kappa shape index (κ2) is 8.10. The molecular weight excluding hydrogens is 440 g/mol. The predicted octanol–water partition coefficient (Wildman–Crippen LogP) is 3.05. The summed E-state index contributed by atoms with van der Waals surface area (Å²) in [7, 11) is 1.59. The molecule has 0 saturated carbocycles. The van der Waals surface area contributed by atoms with Crippen molar-refractivity contribution in [2.75, 3.05) is 7.05 Å². The highest BCUT2D eigenvalue weighted by atomic mass is 32.1. The lowest BCUT2D eigenvalue weighted by atomic mass is 10.0. The molecule has 0 spiro atoms. The van der Waals surface area contributed by atoms with Crippen molar-refractivity contribution >= 4 is 39.3 Å². The van der Waals surface area contributed by atoms with Crippen LogP contribution < -0.4 is 5.56 Å². The molecule has 0 bridgehead atoms. The fourth-order valence-corrected chi connectivity index (χ4v) is 4.57. The molecule has 33 heavy (non-hydrogen) atoms. The number of fused-ring (bicyclic) bond motifs is 2. The molecule has 9 heteroatoms. The van der Waals surface area contributed by atoms with Crippen molar-refractivity contribution in [3.8, 4) is 0 Å². The highest BCUT2D eigenvalue weighted by Crippen LogP contribution is 2.26. The predicted molar refractivity (Wildman–Crippen MR) is 123 cm³/mol. The van der Waals surface area contributed by atoms with E-state index in [-0.39, 0.29) is 47.2 Å². The fraction of sp³-hybridized carbons (Fsp3) is 0.125. The van der Waals surface area contributed by atoms with Gasteiger partial charge in [0.05, 0.1) is 29.7 Å². The van der Waals surface area contributed by atoms with Crippen LogP contribution in [0.4, 0.5) is 0 Å². The number of benzene rings is 2. The summed E-state index contributed by atoms with van der Waals surface area (Å²) in [6.07, 6.45) is 0. The molecule has 3 heterocycles. The average Bonchev–Trinajstić information content (AvgIpc) is 3.38. The molecule has 1 aliphatic rings. The molecular formula is C24H18N4O4S. The summed E-state index contributed by atoms with van der Waals surface area (Å²) in [4.78, 5) is 60.5. The smallest absolute Gasteiger partial charge is 0.268 e. The quantitative estimate of drug-likeness (QED) is 0.463. The molecule has 2 aromatic carbocycles. The van der Waals surface area contributed by atoms with Gasteiger partial charge < -0.3 is 9.88 Å². The average molecular weight is 458 g/mol. The third kappa shape index (κ3) is 3.72. The maximum absolute atomic E-state index is 13.0. The second-order valence-electron chi connectivity index (χ2n) is 7.75. The first-order valence-electron chi connectivity index (χ1n) is 10.2. The van der Waals surface area contributed by atoms with Crippen LogP contribution in [0, 0.1) is 0 Å². The number of aromatic amines is 1. The van der Waals surface area contributed by atoms with Crippen LogP contribution in [0.3, 0.4) is 0 Å². The van der Waals surface area contributed by atoms with E-state index >= 15 is 0 Å². The van der Waals surface area contributed by atoms with E-state index in [2.05, 4.69) is 9.97 Å². The minimum Gasteiger partial charge on any atom is -0.334 e. The van der Waals surface area contributed by atoms with E-state index in [0.29, 0.717) is 16.0 Å². The summed E-state index contributed by atoms with van der Waals surface area (Å²) in [5.41, 5.74) is 1.95. The van der Waals surface area contributed by atoms with Crippen LogP contribution >= 0.6 is 11.3 Å². The van der Waals surface area contributed by atoms with Gasteiger partial charge in [-0.2, -0.15) is 0 Å². The number of aromatic nitrogens is 2. The standard InChI is InChI=1S/C24H18N4O4S/c1-27(13-19-25-18-9-10-33-20(18)21(29)26-19)22(30)15-7-8-16-17(11-15)24(32)28(23(16)31)12-14-5-3-2-4-6-14/h2-11H,12-13H2,1H3,(H,25,26,29). The van der Waals surface area contributed by atoms with Crippen LogP contribution in [0.2, 0.25) is 0 Å². The van der Waals surface area contributed by atoms with Crippen molar-refractivity contribution < 1.29 is 14.4 Å². The number of rotatable bonds is 5. The molecule has 1 N–H and O–H groups in total. The van der Waals surface area contributed by atoms with Crippen molar-refractivity contribution in [3.05, 3.63) is 98.4 Å². The Morgan fingerprint density at radius 2 is 1.79 bits per heavy atom. The van der Waals surface area contributed by atoms with E-state index in [4.69, 9.17) is 0 Å². The third-order valence-electron chi connectivity index (χ3n) is 5.50. The molecule has 0 atom stereocenters. The SMILES string of the molecule is CN(Cc1nc2ccsc2c(=O)[nH]1)C(=O)c1ccc2c(c1)C(=O)N(Cc1ccccc1)C2=O. The molecule has 0 radical (unpaired) electrons. The molecule has 0 fully saturated rings. The van der Waals surface area contributed by atoms with Gasteiger partial charge in [-0.1, -0.05) is 30.3 Å². The van der Waals surface area contributed by atoms with Gasteiger partial charge in [0.1, 0.15) is 10.5 Å². The van der Waals surface area contributed by atoms with Crippen molar-refractivity contribution in [1.29, 1.82) is 0 Å². The van der Waals surface area contributed by atoms with Crippen LogP contribution in [0.5, 0.6) is 0 Å².